The molecule has 0 atom stereocenters. The fourth-order valence-electron chi connectivity index (χ4n) is 2.72. The molecular formula is C21H17Cl3F3N3O4. The van der Waals surface area contributed by atoms with Gasteiger partial charge >= 0.3 is 6.18 Å². The van der Waals surface area contributed by atoms with Crippen molar-refractivity contribution in [2.45, 2.75) is 19.0 Å². The molecule has 1 aromatic carbocycles. The molecule has 0 unspecified atom stereocenters. The number of pyridine rings is 1. The van der Waals surface area contributed by atoms with Gasteiger partial charge in [-0.05, 0) is 24.6 Å². The predicted molar refractivity (Wildman–Crippen MR) is 120 cm³/mol. The minimum absolute atomic E-state index is 0.0689. The molecular weight excluding hydrogens is 522 g/mol. The Balaban J connectivity index is 1.61. The molecule has 0 aliphatic carbocycles. The molecule has 0 saturated heterocycles. The van der Waals surface area contributed by atoms with Gasteiger partial charge in [-0.25, -0.2) is 4.98 Å². The van der Waals surface area contributed by atoms with E-state index < -0.39 is 11.7 Å². The molecule has 0 radical (unpaired) electrons. The summed E-state index contributed by atoms with van der Waals surface area (Å²) in [6.45, 7) is 0.310. The van der Waals surface area contributed by atoms with Gasteiger partial charge in [-0.3, -0.25) is 0 Å². The van der Waals surface area contributed by atoms with Crippen molar-refractivity contribution in [1.82, 2.24) is 15.1 Å². The van der Waals surface area contributed by atoms with Gasteiger partial charge in [-0.2, -0.15) is 18.2 Å². The Morgan fingerprint density at radius 3 is 2.62 bits per heavy atom. The Labute approximate surface area is 207 Å². The molecule has 0 amide bonds. The van der Waals surface area contributed by atoms with Gasteiger partial charge in [0.05, 0.1) is 29.9 Å². The van der Waals surface area contributed by atoms with Gasteiger partial charge in [-0.15, -0.1) is 0 Å². The molecule has 2 aromatic heterocycles. The van der Waals surface area contributed by atoms with Crippen molar-refractivity contribution in [2.75, 3.05) is 20.3 Å². The van der Waals surface area contributed by atoms with Crippen LogP contribution >= 0.6 is 34.8 Å². The predicted octanol–water partition coefficient (Wildman–Crippen LogP) is 6.52. The highest BCUT2D eigenvalue weighted by atomic mass is 35.5. The largest absolute Gasteiger partial charge is 0.494 e. The molecule has 13 heteroatoms. The average Bonchev–Trinajstić information content (AvgIpc) is 3.25. The number of hydrogen-bond donors (Lipinski definition) is 0. The summed E-state index contributed by atoms with van der Waals surface area (Å²) in [6.07, 6.45) is -1.41. The van der Waals surface area contributed by atoms with Gasteiger partial charge < -0.3 is 18.7 Å². The van der Waals surface area contributed by atoms with Crippen molar-refractivity contribution in [3.05, 3.63) is 57.4 Å². The van der Waals surface area contributed by atoms with E-state index in [4.69, 9.17) is 53.5 Å². The van der Waals surface area contributed by atoms with Crippen molar-refractivity contribution < 1.29 is 31.9 Å². The Bertz CT molecular complexity index is 1130. The summed E-state index contributed by atoms with van der Waals surface area (Å²) in [7, 11) is 1.45. The van der Waals surface area contributed by atoms with E-state index in [-0.39, 0.29) is 34.5 Å². The number of methoxy groups -OCH3 is 1. The topological polar surface area (TPSA) is 79.5 Å². The highest BCUT2D eigenvalue weighted by Gasteiger charge is 2.30. The van der Waals surface area contributed by atoms with Crippen LogP contribution in [-0.2, 0) is 12.6 Å². The summed E-state index contributed by atoms with van der Waals surface area (Å²) < 4.78 is 59.4. The third-order valence-corrected chi connectivity index (χ3v) is 4.86. The lowest BCUT2D eigenvalue weighted by molar-refractivity contribution is -0.137. The molecule has 0 fully saturated rings. The van der Waals surface area contributed by atoms with Crippen LogP contribution in [0.1, 0.15) is 17.8 Å². The average molecular weight is 539 g/mol. The number of ether oxygens (including phenoxy) is 3. The zero-order valence-corrected chi connectivity index (χ0v) is 19.8. The van der Waals surface area contributed by atoms with Crippen LogP contribution in [0, 0.1) is 0 Å². The van der Waals surface area contributed by atoms with Gasteiger partial charge in [0, 0.05) is 24.8 Å². The summed E-state index contributed by atoms with van der Waals surface area (Å²) >= 11 is 17.4. The number of aromatic nitrogens is 3. The zero-order valence-electron chi connectivity index (χ0n) is 17.5. The van der Waals surface area contributed by atoms with E-state index in [0.29, 0.717) is 35.7 Å². The lowest BCUT2D eigenvalue weighted by Gasteiger charge is -2.11. The van der Waals surface area contributed by atoms with Crippen LogP contribution < -0.4 is 14.2 Å². The van der Waals surface area contributed by atoms with Crippen molar-refractivity contribution in [1.29, 1.82) is 0 Å². The van der Waals surface area contributed by atoms with Crippen molar-refractivity contribution in [3.8, 4) is 28.8 Å². The van der Waals surface area contributed by atoms with Gasteiger partial charge in [0.1, 0.15) is 22.6 Å². The molecule has 0 N–H and O–H groups in total. The highest BCUT2D eigenvalue weighted by molar-refractivity contribution is 6.55. The second-order valence-electron chi connectivity index (χ2n) is 6.64. The van der Waals surface area contributed by atoms with Crippen LogP contribution in [0.25, 0.3) is 11.5 Å². The Morgan fingerprint density at radius 2 is 1.97 bits per heavy atom. The van der Waals surface area contributed by atoms with E-state index in [9.17, 15) is 13.2 Å². The van der Waals surface area contributed by atoms with E-state index >= 15 is 0 Å². The van der Waals surface area contributed by atoms with Crippen LogP contribution in [0.2, 0.25) is 5.02 Å². The first kappa shape index (κ1) is 25.9. The fraction of sp³-hybridized carbons (Fsp3) is 0.286. The molecule has 0 aliphatic heterocycles. The van der Waals surface area contributed by atoms with Crippen molar-refractivity contribution in [3.63, 3.8) is 0 Å². The number of aryl methyl sites for hydroxylation is 1. The SMILES string of the molecule is COc1c(Cl)cc(OCC=C(Cl)Cl)cc1-c1nc(CCCOc2ccc(C(F)(F)F)cn2)no1. The van der Waals surface area contributed by atoms with Crippen molar-refractivity contribution >= 4 is 34.8 Å². The maximum atomic E-state index is 12.6. The van der Waals surface area contributed by atoms with Crippen LogP contribution in [0.15, 0.2) is 45.6 Å². The van der Waals surface area contributed by atoms with Gasteiger partial charge in [-0.1, -0.05) is 40.0 Å². The number of alkyl halides is 3. The van der Waals surface area contributed by atoms with E-state index in [1.807, 2.05) is 0 Å². The summed E-state index contributed by atoms with van der Waals surface area (Å²) in [5.74, 6) is 1.37. The second kappa shape index (κ2) is 11.6. The molecule has 34 heavy (non-hydrogen) atoms. The monoisotopic (exact) mass is 537 g/mol. The lowest BCUT2D eigenvalue weighted by Crippen LogP contribution is -2.06. The number of halogens is 6. The lowest BCUT2D eigenvalue weighted by atomic mass is 10.2. The van der Waals surface area contributed by atoms with Crippen molar-refractivity contribution in [2.24, 2.45) is 0 Å². The molecule has 0 saturated carbocycles. The zero-order chi connectivity index (χ0) is 24.7. The van der Waals surface area contributed by atoms with Crippen LogP contribution in [0.3, 0.4) is 0 Å². The normalized spacial score (nSPS) is 11.3. The maximum absolute atomic E-state index is 12.6. The molecule has 7 nitrogen and oxygen atoms in total. The third-order valence-electron chi connectivity index (χ3n) is 4.27. The Hall–Kier alpha value is -2.69. The molecule has 182 valence electrons. The first-order chi connectivity index (χ1) is 16.2. The second-order valence-corrected chi connectivity index (χ2v) is 8.06. The minimum atomic E-state index is -4.45. The number of hydrogen-bond acceptors (Lipinski definition) is 7. The van der Waals surface area contributed by atoms with Crippen LogP contribution in [0.5, 0.6) is 17.4 Å². The first-order valence-corrected chi connectivity index (χ1v) is 10.8. The molecule has 3 rings (SSSR count). The van der Waals surface area contributed by atoms with Gasteiger partial charge in [0.25, 0.3) is 5.89 Å². The van der Waals surface area contributed by atoms with Gasteiger partial charge in [0.2, 0.25) is 5.88 Å². The van der Waals surface area contributed by atoms with E-state index in [0.717, 1.165) is 18.3 Å². The molecule has 0 aliphatic rings. The molecule has 2 heterocycles. The minimum Gasteiger partial charge on any atom is -0.494 e. The van der Waals surface area contributed by atoms with Crippen LogP contribution in [-0.4, -0.2) is 35.4 Å². The highest BCUT2D eigenvalue weighted by Crippen LogP contribution is 2.39. The fourth-order valence-corrected chi connectivity index (χ4v) is 3.14. The number of rotatable bonds is 10. The Morgan fingerprint density at radius 1 is 1.18 bits per heavy atom. The van der Waals surface area contributed by atoms with E-state index in [1.54, 1.807) is 12.1 Å². The molecule has 0 spiro atoms. The number of nitrogens with zero attached hydrogens (tertiary/aromatic N) is 3. The molecule has 0 bridgehead atoms. The molecule has 3 aromatic rings. The maximum Gasteiger partial charge on any atom is 0.417 e. The van der Waals surface area contributed by atoms with E-state index in [1.165, 1.54) is 13.2 Å². The quantitative estimate of drug-likeness (QED) is 0.272. The third kappa shape index (κ3) is 7.15. The standard InChI is InChI=1S/C21H17Cl3F3N3O4/c1-31-19-14(9-13(10-15(19)22)32-8-6-16(23)24)20-29-17(30-34-20)3-2-7-33-18-5-4-12(11-28-18)21(25,26)27/h4-6,9-11H,2-3,7-8H2,1H3. The Kier molecular flexibility index (Phi) is 8.87. The summed E-state index contributed by atoms with van der Waals surface area (Å²) in [5.41, 5.74) is -0.418. The smallest absolute Gasteiger partial charge is 0.417 e. The van der Waals surface area contributed by atoms with Gasteiger partial charge in [0.15, 0.2) is 5.82 Å². The number of benzene rings is 1. The first-order valence-electron chi connectivity index (χ1n) is 9.68. The summed E-state index contributed by atoms with van der Waals surface area (Å²) in [6, 6.07) is 5.25. The summed E-state index contributed by atoms with van der Waals surface area (Å²) in [5, 5.41) is 4.20. The van der Waals surface area contributed by atoms with Crippen LogP contribution in [0.4, 0.5) is 13.2 Å². The summed E-state index contributed by atoms with van der Waals surface area (Å²) in [4.78, 5) is 7.99. The van der Waals surface area contributed by atoms with E-state index in [2.05, 4.69) is 15.1 Å².